The molecule has 1 heterocycles. The molecule has 0 radical (unpaired) electrons. The lowest BCUT2D eigenvalue weighted by atomic mass is 10.2. The molecule has 0 aliphatic carbocycles. The van der Waals surface area contributed by atoms with E-state index in [0.717, 1.165) is 11.1 Å². The Morgan fingerprint density at radius 2 is 1.86 bits per heavy atom. The summed E-state index contributed by atoms with van der Waals surface area (Å²) < 4.78 is 37.5. The third kappa shape index (κ3) is 3.85. The van der Waals surface area contributed by atoms with Crippen LogP contribution in [0.4, 0.5) is 4.79 Å². The lowest BCUT2D eigenvalue weighted by molar-refractivity contribution is -0.0436. The summed E-state index contributed by atoms with van der Waals surface area (Å²) in [5, 5.41) is 0. The Kier molecular flexibility index (Phi) is 5.67. The van der Waals surface area contributed by atoms with Gasteiger partial charge in [-0.3, -0.25) is 0 Å². The summed E-state index contributed by atoms with van der Waals surface area (Å²) >= 11 is 0. The zero-order chi connectivity index (χ0) is 20.2. The highest BCUT2D eigenvalue weighted by Crippen LogP contribution is 2.33. The molecule has 1 saturated heterocycles. The van der Waals surface area contributed by atoms with E-state index in [4.69, 9.17) is 9.47 Å². The molecule has 3 rings (SSSR count). The van der Waals surface area contributed by atoms with Crippen molar-refractivity contribution in [1.29, 1.82) is 0 Å². The van der Waals surface area contributed by atoms with Gasteiger partial charge < -0.3 is 9.47 Å². The van der Waals surface area contributed by atoms with E-state index >= 15 is 0 Å². The van der Waals surface area contributed by atoms with Crippen LogP contribution in [0.15, 0.2) is 78.2 Å². The van der Waals surface area contributed by atoms with Crippen molar-refractivity contribution in [3.8, 4) is 0 Å². The molecule has 0 N–H and O–H groups in total. The average Bonchev–Trinajstić information content (AvgIpc) is 3.04. The maximum atomic E-state index is 13.1. The summed E-state index contributed by atoms with van der Waals surface area (Å²) in [5.74, 6) is 0. The number of carbonyl (C=O) groups is 1. The molecule has 28 heavy (non-hydrogen) atoms. The topological polar surface area (TPSA) is 72.9 Å². The quantitative estimate of drug-likeness (QED) is 0.663. The standard InChI is InChI=1S/C21H21NO5S/c1-3-21(27-15-7-10-18-8-5-4-6-9-18)16-26-20(23)22(21)28(24,25)19-13-11-17(2)12-14-19/h3-14H,1,15-16H2,2H3/b10-7+. The second-order valence-corrected chi connectivity index (χ2v) is 8.10. The van der Waals surface area contributed by atoms with E-state index in [0.29, 0.717) is 4.31 Å². The maximum absolute atomic E-state index is 13.1. The molecule has 2 aromatic rings. The van der Waals surface area contributed by atoms with E-state index in [2.05, 4.69) is 6.58 Å². The van der Waals surface area contributed by atoms with Gasteiger partial charge in [0.2, 0.25) is 5.72 Å². The summed E-state index contributed by atoms with van der Waals surface area (Å²) in [6.45, 7) is 5.32. The van der Waals surface area contributed by atoms with Crippen molar-refractivity contribution >= 4 is 22.2 Å². The molecule has 2 aromatic carbocycles. The Morgan fingerprint density at radius 3 is 2.50 bits per heavy atom. The number of aryl methyl sites for hydroxylation is 1. The Hall–Kier alpha value is -2.90. The summed E-state index contributed by atoms with van der Waals surface area (Å²) in [7, 11) is -4.18. The third-order valence-corrected chi connectivity index (χ3v) is 6.14. The first kappa shape index (κ1) is 19.9. The first-order valence-corrected chi connectivity index (χ1v) is 10.1. The zero-order valence-electron chi connectivity index (χ0n) is 15.4. The summed E-state index contributed by atoms with van der Waals surface area (Å²) in [6, 6.07) is 15.8. The van der Waals surface area contributed by atoms with Crippen molar-refractivity contribution in [2.75, 3.05) is 13.2 Å². The summed E-state index contributed by atoms with van der Waals surface area (Å²) in [6.07, 6.45) is 3.86. The lowest BCUT2D eigenvalue weighted by Gasteiger charge is -2.31. The molecule has 1 aliphatic rings. The highest BCUT2D eigenvalue weighted by molar-refractivity contribution is 7.89. The number of amides is 1. The van der Waals surface area contributed by atoms with Crippen molar-refractivity contribution in [3.05, 3.63) is 84.5 Å². The Morgan fingerprint density at radius 1 is 1.18 bits per heavy atom. The molecule has 1 amide bonds. The minimum absolute atomic E-state index is 0.0217. The van der Waals surface area contributed by atoms with Crippen LogP contribution >= 0.6 is 0 Å². The van der Waals surface area contributed by atoms with Crippen LogP contribution < -0.4 is 0 Å². The van der Waals surface area contributed by atoms with E-state index in [-0.39, 0.29) is 18.1 Å². The number of cyclic esters (lactones) is 1. The van der Waals surface area contributed by atoms with Crippen molar-refractivity contribution in [2.24, 2.45) is 0 Å². The monoisotopic (exact) mass is 399 g/mol. The molecule has 0 aromatic heterocycles. The van der Waals surface area contributed by atoms with Gasteiger partial charge >= 0.3 is 6.09 Å². The van der Waals surface area contributed by atoms with Gasteiger partial charge in [-0.2, -0.15) is 4.31 Å². The SMILES string of the molecule is C=CC1(OC/C=C/c2ccccc2)COC(=O)N1S(=O)(=O)c1ccc(C)cc1. The van der Waals surface area contributed by atoms with Crippen molar-refractivity contribution in [1.82, 2.24) is 4.31 Å². The van der Waals surface area contributed by atoms with E-state index in [1.165, 1.54) is 18.2 Å². The average molecular weight is 399 g/mol. The van der Waals surface area contributed by atoms with E-state index < -0.39 is 21.8 Å². The molecule has 0 bridgehead atoms. The second kappa shape index (κ2) is 8.00. The van der Waals surface area contributed by atoms with Crippen LogP contribution in [0.3, 0.4) is 0 Å². The molecule has 1 fully saturated rings. The van der Waals surface area contributed by atoms with Gasteiger partial charge in [0.05, 0.1) is 11.5 Å². The first-order chi connectivity index (χ1) is 13.4. The van der Waals surface area contributed by atoms with Gasteiger partial charge in [0.15, 0.2) is 0 Å². The fourth-order valence-electron chi connectivity index (χ4n) is 2.80. The normalized spacial score (nSPS) is 19.8. The number of benzene rings is 2. The molecular weight excluding hydrogens is 378 g/mol. The van der Waals surface area contributed by atoms with E-state index in [1.807, 2.05) is 43.3 Å². The van der Waals surface area contributed by atoms with Gasteiger partial charge in [0.25, 0.3) is 10.0 Å². The molecule has 1 aliphatic heterocycles. The Balaban J connectivity index is 1.84. The number of ether oxygens (including phenoxy) is 2. The van der Waals surface area contributed by atoms with Gasteiger partial charge in [-0.1, -0.05) is 66.8 Å². The van der Waals surface area contributed by atoms with Crippen LogP contribution in [-0.2, 0) is 19.5 Å². The van der Waals surface area contributed by atoms with Crippen molar-refractivity contribution in [3.63, 3.8) is 0 Å². The van der Waals surface area contributed by atoms with Crippen molar-refractivity contribution < 1.29 is 22.7 Å². The molecular formula is C21H21NO5S. The highest BCUT2D eigenvalue weighted by Gasteiger charge is 2.53. The molecule has 6 nitrogen and oxygen atoms in total. The van der Waals surface area contributed by atoms with Gasteiger partial charge in [-0.05, 0) is 30.7 Å². The van der Waals surface area contributed by atoms with Crippen LogP contribution in [-0.4, -0.2) is 37.8 Å². The molecule has 146 valence electrons. The number of sulfonamides is 1. The second-order valence-electron chi connectivity index (χ2n) is 6.31. The van der Waals surface area contributed by atoms with E-state index in [9.17, 15) is 13.2 Å². The predicted octanol–water partition coefficient (Wildman–Crippen LogP) is 3.75. The Bertz CT molecular complexity index is 983. The van der Waals surface area contributed by atoms with Crippen molar-refractivity contribution in [2.45, 2.75) is 17.5 Å². The first-order valence-electron chi connectivity index (χ1n) is 8.67. The minimum Gasteiger partial charge on any atom is -0.443 e. The number of rotatable bonds is 7. The smallest absolute Gasteiger partial charge is 0.426 e. The minimum atomic E-state index is -4.18. The van der Waals surface area contributed by atoms with Gasteiger partial charge in [-0.25, -0.2) is 13.2 Å². The van der Waals surface area contributed by atoms with Crippen LogP contribution in [0, 0.1) is 6.92 Å². The third-order valence-electron chi connectivity index (χ3n) is 4.33. The molecule has 1 atom stereocenters. The summed E-state index contributed by atoms with van der Waals surface area (Å²) in [4.78, 5) is 12.2. The molecule has 0 saturated carbocycles. The fourth-order valence-corrected chi connectivity index (χ4v) is 4.32. The van der Waals surface area contributed by atoms with Crippen LogP contribution in [0.2, 0.25) is 0 Å². The number of carbonyl (C=O) groups excluding carboxylic acids is 1. The molecule has 1 unspecified atom stereocenters. The lowest BCUT2D eigenvalue weighted by Crippen LogP contribution is -2.50. The Labute approximate surface area is 164 Å². The number of hydrogen-bond donors (Lipinski definition) is 0. The van der Waals surface area contributed by atoms with Gasteiger partial charge in [0.1, 0.15) is 6.61 Å². The molecule has 7 heteroatoms. The van der Waals surface area contributed by atoms with Crippen LogP contribution in [0.25, 0.3) is 6.08 Å². The maximum Gasteiger partial charge on any atom is 0.426 e. The number of hydrogen-bond acceptors (Lipinski definition) is 5. The van der Waals surface area contributed by atoms with Gasteiger partial charge in [-0.15, -0.1) is 0 Å². The van der Waals surface area contributed by atoms with Crippen LogP contribution in [0.5, 0.6) is 0 Å². The van der Waals surface area contributed by atoms with Gasteiger partial charge in [0, 0.05) is 0 Å². The highest BCUT2D eigenvalue weighted by atomic mass is 32.2. The van der Waals surface area contributed by atoms with E-state index in [1.54, 1.807) is 18.2 Å². The fraction of sp³-hybridized carbons (Fsp3) is 0.190. The van der Waals surface area contributed by atoms with Crippen LogP contribution in [0.1, 0.15) is 11.1 Å². The summed E-state index contributed by atoms with van der Waals surface area (Å²) in [5.41, 5.74) is 0.267. The predicted molar refractivity (Wildman–Crippen MR) is 106 cm³/mol. The largest absolute Gasteiger partial charge is 0.443 e. The zero-order valence-corrected chi connectivity index (χ0v) is 16.3. The molecule has 0 spiro atoms. The number of nitrogens with zero attached hydrogens (tertiary/aromatic N) is 1.